The van der Waals surface area contributed by atoms with E-state index < -0.39 is 0 Å². The summed E-state index contributed by atoms with van der Waals surface area (Å²) in [5.74, 6) is 0. The van der Waals surface area contributed by atoms with Gasteiger partial charge in [0.05, 0.1) is 0 Å². The third-order valence-corrected chi connectivity index (χ3v) is 3.80. The molecule has 0 aliphatic carbocycles. The Kier molecular flexibility index (Phi) is 3.06. The van der Waals surface area contributed by atoms with Crippen molar-refractivity contribution < 1.29 is 4.79 Å². The highest BCUT2D eigenvalue weighted by atomic mass is 127. The zero-order valence-electron chi connectivity index (χ0n) is 5.90. The third kappa shape index (κ3) is 2.02. The van der Waals surface area contributed by atoms with E-state index in [0.29, 0.717) is 0 Å². The lowest BCUT2D eigenvalue weighted by Crippen LogP contribution is -1.87. The fourth-order valence-corrected chi connectivity index (χ4v) is 1.96. The van der Waals surface area contributed by atoms with E-state index in [4.69, 9.17) is 0 Å². The lowest BCUT2D eigenvalue weighted by Gasteiger charge is -2.00. The predicted molar refractivity (Wildman–Crippen MR) is 57.0 cm³/mol. The third-order valence-electron chi connectivity index (χ3n) is 1.33. The fraction of sp³-hybridized carbons (Fsp3) is 0.125. The van der Waals surface area contributed by atoms with Gasteiger partial charge in [-0.25, -0.2) is 0 Å². The van der Waals surface area contributed by atoms with Crippen molar-refractivity contribution in [2.24, 2.45) is 0 Å². The SMILES string of the molecule is Cc1cc(I)c(Br)c(C=O)c1. The number of carbonyl (C=O) groups is 1. The Bertz CT molecular complexity index is 296. The van der Waals surface area contributed by atoms with Crippen molar-refractivity contribution in [3.8, 4) is 0 Å². The molecule has 0 aliphatic heterocycles. The van der Waals surface area contributed by atoms with Crippen LogP contribution in [-0.4, -0.2) is 6.29 Å². The Morgan fingerprint density at radius 1 is 1.55 bits per heavy atom. The monoisotopic (exact) mass is 324 g/mol. The topological polar surface area (TPSA) is 17.1 Å². The van der Waals surface area contributed by atoms with Gasteiger partial charge in [0.1, 0.15) is 0 Å². The standard InChI is InChI=1S/C8H6BrIO/c1-5-2-6(4-11)8(9)7(10)3-5/h2-4H,1H3. The molecule has 1 rings (SSSR count). The molecule has 0 heterocycles. The van der Waals surface area contributed by atoms with E-state index in [-0.39, 0.29) is 0 Å². The Balaban J connectivity index is 3.35. The molecule has 11 heavy (non-hydrogen) atoms. The van der Waals surface area contributed by atoms with Crippen LogP contribution >= 0.6 is 38.5 Å². The van der Waals surface area contributed by atoms with E-state index in [9.17, 15) is 4.79 Å². The average molecular weight is 325 g/mol. The minimum Gasteiger partial charge on any atom is -0.298 e. The van der Waals surface area contributed by atoms with Crippen LogP contribution in [0.2, 0.25) is 0 Å². The van der Waals surface area contributed by atoms with Gasteiger partial charge in [0, 0.05) is 13.6 Å². The number of hydrogen-bond donors (Lipinski definition) is 0. The largest absolute Gasteiger partial charge is 0.298 e. The van der Waals surface area contributed by atoms with Crippen LogP contribution in [-0.2, 0) is 0 Å². The van der Waals surface area contributed by atoms with Crippen molar-refractivity contribution in [2.75, 3.05) is 0 Å². The first-order valence-electron chi connectivity index (χ1n) is 3.06. The Morgan fingerprint density at radius 2 is 2.18 bits per heavy atom. The summed E-state index contributed by atoms with van der Waals surface area (Å²) < 4.78 is 1.96. The molecule has 3 heteroatoms. The summed E-state index contributed by atoms with van der Waals surface area (Å²) in [4.78, 5) is 10.5. The number of hydrogen-bond acceptors (Lipinski definition) is 1. The van der Waals surface area contributed by atoms with Gasteiger partial charge in [-0.2, -0.15) is 0 Å². The van der Waals surface area contributed by atoms with Gasteiger partial charge >= 0.3 is 0 Å². The van der Waals surface area contributed by atoms with Gasteiger partial charge in [-0.1, -0.05) is 0 Å². The smallest absolute Gasteiger partial charge is 0.151 e. The number of halogens is 2. The van der Waals surface area contributed by atoms with Crippen molar-refractivity contribution in [3.05, 3.63) is 31.3 Å². The predicted octanol–water partition coefficient (Wildman–Crippen LogP) is 3.17. The van der Waals surface area contributed by atoms with Crippen LogP contribution in [0.5, 0.6) is 0 Å². The number of carbonyl (C=O) groups excluding carboxylic acids is 1. The fourth-order valence-electron chi connectivity index (χ4n) is 0.837. The van der Waals surface area contributed by atoms with E-state index in [1.807, 2.05) is 19.1 Å². The number of benzene rings is 1. The lowest BCUT2D eigenvalue weighted by atomic mass is 10.2. The van der Waals surface area contributed by atoms with Gasteiger partial charge in [0.25, 0.3) is 0 Å². The Morgan fingerprint density at radius 3 is 2.73 bits per heavy atom. The molecule has 0 spiro atoms. The van der Waals surface area contributed by atoms with E-state index in [0.717, 1.165) is 25.5 Å². The molecule has 0 saturated heterocycles. The average Bonchev–Trinajstić information content (AvgIpc) is 1.96. The Labute approximate surface area is 87.5 Å². The van der Waals surface area contributed by atoms with Gasteiger partial charge in [-0.3, -0.25) is 4.79 Å². The summed E-state index contributed by atoms with van der Waals surface area (Å²) in [7, 11) is 0. The second-order valence-corrected chi connectivity index (χ2v) is 4.22. The highest BCUT2D eigenvalue weighted by molar-refractivity contribution is 14.1. The van der Waals surface area contributed by atoms with Crippen LogP contribution in [0.4, 0.5) is 0 Å². The van der Waals surface area contributed by atoms with E-state index >= 15 is 0 Å². The molecule has 0 aliphatic rings. The molecule has 58 valence electrons. The highest BCUT2D eigenvalue weighted by Crippen LogP contribution is 2.23. The molecule has 0 radical (unpaired) electrons. The first kappa shape index (κ1) is 9.19. The zero-order valence-corrected chi connectivity index (χ0v) is 9.64. The molecule has 1 nitrogen and oxygen atoms in total. The molecule has 0 N–H and O–H groups in total. The van der Waals surface area contributed by atoms with Crippen molar-refractivity contribution in [2.45, 2.75) is 6.92 Å². The van der Waals surface area contributed by atoms with Crippen molar-refractivity contribution >= 4 is 44.8 Å². The van der Waals surface area contributed by atoms with Crippen molar-refractivity contribution in [1.29, 1.82) is 0 Å². The molecule has 0 bridgehead atoms. The summed E-state index contributed by atoms with van der Waals surface area (Å²) in [6.45, 7) is 1.97. The summed E-state index contributed by atoms with van der Waals surface area (Å²) in [6, 6.07) is 3.89. The Hall–Kier alpha value is 0.1000. The van der Waals surface area contributed by atoms with Gasteiger partial charge in [-0.05, 0) is 63.1 Å². The van der Waals surface area contributed by atoms with Gasteiger partial charge in [0.2, 0.25) is 0 Å². The maximum Gasteiger partial charge on any atom is 0.151 e. The molecule has 1 aromatic rings. The molecule has 0 atom stereocenters. The number of aldehydes is 1. The van der Waals surface area contributed by atoms with Gasteiger partial charge in [0.15, 0.2) is 6.29 Å². The maximum absolute atomic E-state index is 10.5. The summed E-state index contributed by atoms with van der Waals surface area (Å²) >= 11 is 5.53. The minimum atomic E-state index is 0.717. The van der Waals surface area contributed by atoms with E-state index in [1.165, 1.54) is 0 Å². The molecular weight excluding hydrogens is 319 g/mol. The quantitative estimate of drug-likeness (QED) is 0.573. The van der Waals surface area contributed by atoms with Crippen LogP contribution in [0, 0.1) is 10.5 Å². The molecule has 0 fully saturated rings. The summed E-state index contributed by atoms with van der Waals surface area (Å²) in [5.41, 5.74) is 1.83. The van der Waals surface area contributed by atoms with Crippen LogP contribution in [0.3, 0.4) is 0 Å². The second-order valence-electron chi connectivity index (χ2n) is 2.27. The van der Waals surface area contributed by atoms with Crippen LogP contribution in [0.25, 0.3) is 0 Å². The number of rotatable bonds is 1. The summed E-state index contributed by atoms with van der Waals surface area (Å²) in [6.07, 6.45) is 0.860. The summed E-state index contributed by atoms with van der Waals surface area (Å²) in [5, 5.41) is 0. The van der Waals surface area contributed by atoms with Crippen molar-refractivity contribution in [1.82, 2.24) is 0 Å². The van der Waals surface area contributed by atoms with E-state index in [1.54, 1.807) is 0 Å². The highest BCUT2D eigenvalue weighted by Gasteiger charge is 2.02. The van der Waals surface area contributed by atoms with Crippen LogP contribution < -0.4 is 0 Å². The molecule has 0 unspecified atom stereocenters. The maximum atomic E-state index is 10.5. The van der Waals surface area contributed by atoms with Gasteiger partial charge in [-0.15, -0.1) is 0 Å². The van der Waals surface area contributed by atoms with Crippen LogP contribution in [0.1, 0.15) is 15.9 Å². The first-order valence-corrected chi connectivity index (χ1v) is 4.93. The van der Waals surface area contributed by atoms with Crippen LogP contribution in [0.15, 0.2) is 16.6 Å². The normalized spacial score (nSPS) is 9.73. The van der Waals surface area contributed by atoms with Gasteiger partial charge < -0.3 is 0 Å². The molecule has 1 aromatic carbocycles. The first-order chi connectivity index (χ1) is 5.15. The zero-order chi connectivity index (χ0) is 8.43. The molecule has 0 aromatic heterocycles. The van der Waals surface area contributed by atoms with E-state index in [2.05, 4.69) is 38.5 Å². The molecular formula is C8H6BrIO. The minimum absolute atomic E-state index is 0.717. The molecule has 0 saturated carbocycles. The second kappa shape index (κ2) is 3.67. The lowest BCUT2D eigenvalue weighted by molar-refractivity contribution is 0.112. The molecule has 0 amide bonds. The van der Waals surface area contributed by atoms with Crippen molar-refractivity contribution in [3.63, 3.8) is 0 Å². The number of aryl methyl sites for hydroxylation is 1.